The summed E-state index contributed by atoms with van der Waals surface area (Å²) in [4.78, 5) is 0. The Morgan fingerprint density at radius 1 is 0.870 bits per heavy atom. The lowest BCUT2D eigenvalue weighted by molar-refractivity contribution is 0.373. The van der Waals surface area contributed by atoms with Crippen LogP contribution in [0.5, 0.6) is 17.2 Å². The molecular formula is C20H20O3. The van der Waals surface area contributed by atoms with Crippen LogP contribution in [0.25, 0.3) is 12.2 Å². The Hall–Kier alpha value is -2.94. The van der Waals surface area contributed by atoms with E-state index in [4.69, 9.17) is 4.74 Å². The fraction of sp³-hybridized carbons (Fsp3) is 0.100. The quantitative estimate of drug-likeness (QED) is 0.755. The molecule has 0 atom stereocenters. The maximum absolute atomic E-state index is 9.53. The van der Waals surface area contributed by atoms with Crippen LogP contribution in [0.3, 0.4) is 0 Å². The summed E-state index contributed by atoms with van der Waals surface area (Å²) in [5.74, 6) is 0.880. The van der Waals surface area contributed by atoms with Gasteiger partial charge in [0.2, 0.25) is 0 Å². The van der Waals surface area contributed by atoms with Gasteiger partial charge in [-0.3, -0.25) is 0 Å². The van der Waals surface area contributed by atoms with Crippen LogP contribution in [0.15, 0.2) is 66.8 Å². The molecule has 0 unspecified atom stereocenters. The van der Waals surface area contributed by atoms with Crippen LogP contribution < -0.4 is 4.74 Å². The third-order valence-corrected chi connectivity index (χ3v) is 3.22. The molecule has 0 aliphatic carbocycles. The van der Waals surface area contributed by atoms with Crippen LogP contribution in [0.4, 0.5) is 0 Å². The number of methoxy groups -OCH3 is 1. The number of hydrogen-bond donors (Lipinski definition) is 2. The van der Waals surface area contributed by atoms with Crippen LogP contribution >= 0.6 is 0 Å². The Labute approximate surface area is 136 Å². The molecule has 0 heterocycles. The molecule has 2 aromatic rings. The van der Waals surface area contributed by atoms with Gasteiger partial charge in [-0.25, -0.2) is 0 Å². The largest absolute Gasteiger partial charge is 0.508 e. The Morgan fingerprint density at radius 2 is 1.61 bits per heavy atom. The van der Waals surface area contributed by atoms with Crippen LogP contribution in [-0.2, 0) is 0 Å². The van der Waals surface area contributed by atoms with E-state index in [-0.39, 0.29) is 11.5 Å². The van der Waals surface area contributed by atoms with Gasteiger partial charge in [0.15, 0.2) is 11.5 Å². The lowest BCUT2D eigenvalue weighted by Gasteiger charge is -2.03. The molecule has 0 saturated carbocycles. The Bertz CT molecular complexity index is 710. The summed E-state index contributed by atoms with van der Waals surface area (Å²) in [5.41, 5.74) is 2.02. The fourth-order valence-corrected chi connectivity index (χ4v) is 1.99. The molecule has 2 aromatic carbocycles. The van der Waals surface area contributed by atoms with Crippen molar-refractivity contribution in [2.75, 3.05) is 7.11 Å². The minimum absolute atomic E-state index is 0.138. The van der Waals surface area contributed by atoms with E-state index in [9.17, 15) is 10.2 Å². The molecule has 3 heteroatoms. The van der Waals surface area contributed by atoms with Crippen LogP contribution in [0.2, 0.25) is 0 Å². The lowest BCUT2D eigenvalue weighted by atomic mass is 10.1. The molecule has 0 saturated heterocycles. The maximum Gasteiger partial charge on any atom is 0.161 e. The highest BCUT2D eigenvalue weighted by Gasteiger charge is 1.99. The van der Waals surface area contributed by atoms with Gasteiger partial charge < -0.3 is 14.9 Å². The van der Waals surface area contributed by atoms with Crippen LogP contribution in [-0.4, -0.2) is 17.3 Å². The van der Waals surface area contributed by atoms with E-state index in [1.807, 2.05) is 48.6 Å². The van der Waals surface area contributed by atoms with Gasteiger partial charge in [-0.1, -0.05) is 54.7 Å². The topological polar surface area (TPSA) is 49.7 Å². The number of allylic oxidation sites excluding steroid dienone is 4. The van der Waals surface area contributed by atoms with E-state index in [0.717, 1.165) is 17.5 Å². The number of phenolic OH excluding ortho intramolecular Hbond substituents is 2. The summed E-state index contributed by atoms with van der Waals surface area (Å²) in [7, 11) is 1.53. The van der Waals surface area contributed by atoms with Crippen molar-refractivity contribution in [3.63, 3.8) is 0 Å². The highest BCUT2D eigenvalue weighted by molar-refractivity contribution is 5.56. The van der Waals surface area contributed by atoms with Gasteiger partial charge in [0.25, 0.3) is 0 Å². The minimum atomic E-state index is 0.138. The molecule has 0 fully saturated rings. The normalized spacial score (nSPS) is 11.7. The summed E-state index contributed by atoms with van der Waals surface area (Å²) >= 11 is 0. The van der Waals surface area contributed by atoms with Gasteiger partial charge in [-0.05, 0) is 41.8 Å². The predicted molar refractivity (Wildman–Crippen MR) is 94.6 cm³/mol. The molecular weight excluding hydrogens is 288 g/mol. The average Bonchev–Trinajstić information content (AvgIpc) is 2.57. The van der Waals surface area contributed by atoms with E-state index in [2.05, 4.69) is 6.08 Å². The molecule has 2 N–H and O–H groups in total. The molecule has 0 radical (unpaired) electrons. The first-order chi connectivity index (χ1) is 11.2. The Kier molecular flexibility index (Phi) is 6.07. The van der Waals surface area contributed by atoms with Gasteiger partial charge in [-0.15, -0.1) is 0 Å². The number of ether oxygens (including phenoxy) is 1. The van der Waals surface area contributed by atoms with E-state index >= 15 is 0 Å². The number of rotatable bonds is 6. The van der Waals surface area contributed by atoms with E-state index < -0.39 is 0 Å². The average molecular weight is 308 g/mol. The molecule has 118 valence electrons. The van der Waals surface area contributed by atoms with E-state index in [0.29, 0.717) is 5.75 Å². The van der Waals surface area contributed by atoms with Gasteiger partial charge in [0, 0.05) is 0 Å². The standard InChI is InChI=1S/C20H20O3/c1-23-20-15-17(11-14-19(20)22)8-6-4-2-3-5-7-16-9-12-18(21)13-10-16/h2,4-15,21-22H,3H2,1H3. The van der Waals surface area contributed by atoms with Gasteiger partial charge in [0.05, 0.1) is 7.11 Å². The lowest BCUT2D eigenvalue weighted by Crippen LogP contribution is -1.83. The summed E-state index contributed by atoms with van der Waals surface area (Å²) in [5, 5.41) is 18.7. The Balaban J connectivity index is 1.83. The van der Waals surface area contributed by atoms with Crippen molar-refractivity contribution in [3.8, 4) is 17.2 Å². The summed E-state index contributed by atoms with van der Waals surface area (Å²) < 4.78 is 5.07. The number of hydrogen-bond acceptors (Lipinski definition) is 3. The summed E-state index contributed by atoms with van der Waals surface area (Å²) in [6.45, 7) is 0. The first kappa shape index (κ1) is 16.4. The molecule has 0 spiro atoms. The zero-order valence-electron chi connectivity index (χ0n) is 13.0. The highest BCUT2D eigenvalue weighted by Crippen LogP contribution is 2.26. The highest BCUT2D eigenvalue weighted by atomic mass is 16.5. The van der Waals surface area contributed by atoms with Crippen molar-refractivity contribution in [1.82, 2.24) is 0 Å². The van der Waals surface area contributed by atoms with Crippen LogP contribution in [0.1, 0.15) is 17.5 Å². The molecule has 3 nitrogen and oxygen atoms in total. The van der Waals surface area contributed by atoms with Crippen molar-refractivity contribution < 1.29 is 14.9 Å². The predicted octanol–water partition coefficient (Wildman–Crippen LogP) is 4.78. The third kappa shape index (κ3) is 5.40. The van der Waals surface area contributed by atoms with Gasteiger partial charge in [0.1, 0.15) is 5.75 Å². The van der Waals surface area contributed by atoms with Crippen molar-refractivity contribution in [1.29, 1.82) is 0 Å². The monoisotopic (exact) mass is 308 g/mol. The van der Waals surface area contributed by atoms with E-state index in [1.165, 1.54) is 7.11 Å². The molecule has 0 bridgehead atoms. The molecule has 0 amide bonds. The second kappa shape index (κ2) is 8.49. The van der Waals surface area contributed by atoms with Gasteiger partial charge in [-0.2, -0.15) is 0 Å². The van der Waals surface area contributed by atoms with Gasteiger partial charge >= 0.3 is 0 Å². The van der Waals surface area contributed by atoms with E-state index in [1.54, 1.807) is 24.3 Å². The summed E-state index contributed by atoms with van der Waals surface area (Å²) in [6.07, 6.45) is 12.8. The summed E-state index contributed by atoms with van der Waals surface area (Å²) in [6, 6.07) is 12.3. The van der Waals surface area contributed by atoms with Crippen molar-refractivity contribution in [3.05, 3.63) is 77.9 Å². The molecule has 2 rings (SSSR count). The second-order valence-corrected chi connectivity index (χ2v) is 4.95. The molecule has 0 aliphatic heterocycles. The SMILES string of the molecule is COc1cc(C=CC=CCC=Cc2ccc(O)cc2)ccc1O. The van der Waals surface area contributed by atoms with Crippen molar-refractivity contribution in [2.24, 2.45) is 0 Å². The van der Waals surface area contributed by atoms with Crippen molar-refractivity contribution >= 4 is 12.2 Å². The first-order valence-electron chi connectivity index (χ1n) is 7.35. The first-order valence-corrected chi connectivity index (χ1v) is 7.35. The maximum atomic E-state index is 9.53. The zero-order valence-corrected chi connectivity index (χ0v) is 13.0. The van der Waals surface area contributed by atoms with Crippen molar-refractivity contribution in [2.45, 2.75) is 6.42 Å². The molecule has 0 aliphatic rings. The zero-order chi connectivity index (χ0) is 16.5. The smallest absolute Gasteiger partial charge is 0.161 e. The fourth-order valence-electron chi connectivity index (χ4n) is 1.99. The molecule has 0 aromatic heterocycles. The third-order valence-electron chi connectivity index (χ3n) is 3.22. The second-order valence-electron chi connectivity index (χ2n) is 4.95. The molecule has 23 heavy (non-hydrogen) atoms. The minimum Gasteiger partial charge on any atom is -0.508 e. The Morgan fingerprint density at radius 3 is 2.35 bits per heavy atom. The number of phenols is 2. The number of benzene rings is 2. The number of aromatic hydroxyl groups is 2. The van der Waals surface area contributed by atoms with Crippen LogP contribution in [0, 0.1) is 0 Å².